The normalized spacial score (nSPS) is 10.7. The molecule has 3 heteroatoms. The van der Waals surface area contributed by atoms with Crippen LogP contribution < -0.4 is 0 Å². The summed E-state index contributed by atoms with van der Waals surface area (Å²) in [7, 11) is 0. The van der Waals surface area contributed by atoms with Gasteiger partial charge in [-0.3, -0.25) is 0 Å². The van der Waals surface area contributed by atoms with Crippen LogP contribution in [0, 0.1) is 0 Å². The minimum absolute atomic E-state index is 0.891. The Balaban J connectivity index is 1.50. The van der Waals surface area contributed by atoms with Gasteiger partial charge in [-0.05, 0) is 24.0 Å². The Morgan fingerprint density at radius 3 is 2.27 bits per heavy atom. The third kappa shape index (κ3) is 4.25. The summed E-state index contributed by atoms with van der Waals surface area (Å²) in [5.41, 5.74) is 2.72. The quantitative estimate of drug-likeness (QED) is 0.467. The van der Waals surface area contributed by atoms with Crippen LogP contribution in [0.25, 0.3) is 0 Å². The molecule has 0 saturated carbocycles. The van der Waals surface area contributed by atoms with E-state index in [4.69, 9.17) is 0 Å². The Bertz CT molecular complexity index is 677. The summed E-state index contributed by atoms with van der Waals surface area (Å²) in [6, 6.07) is 21.2. The van der Waals surface area contributed by atoms with Crippen molar-refractivity contribution in [1.29, 1.82) is 0 Å². The summed E-state index contributed by atoms with van der Waals surface area (Å²) >= 11 is 1.84. The number of imidazole rings is 1. The maximum atomic E-state index is 4.48. The lowest BCUT2D eigenvalue weighted by molar-refractivity contribution is 0.708. The highest BCUT2D eigenvalue weighted by atomic mass is 32.2. The highest BCUT2D eigenvalue weighted by molar-refractivity contribution is 7.99. The third-order valence-electron chi connectivity index (χ3n) is 3.56. The average Bonchev–Trinajstić information content (AvgIpc) is 3.01. The zero-order chi connectivity index (χ0) is 15.0. The van der Waals surface area contributed by atoms with E-state index >= 15 is 0 Å². The van der Waals surface area contributed by atoms with Crippen molar-refractivity contribution in [1.82, 2.24) is 9.55 Å². The second-order valence-electron chi connectivity index (χ2n) is 5.26. The van der Waals surface area contributed by atoms with E-state index in [-0.39, 0.29) is 0 Å². The standard InChI is InChI=1S/C19H20N2S/c1-3-8-17(9-4-1)12-7-15-22-19-20-13-14-21(19)16-18-10-5-2-6-11-18/h1-6,8-11,13-14H,7,12,15-16H2. The second kappa shape index (κ2) is 7.85. The van der Waals surface area contributed by atoms with Gasteiger partial charge in [-0.2, -0.15) is 0 Å². The van der Waals surface area contributed by atoms with Gasteiger partial charge in [0.1, 0.15) is 0 Å². The number of hydrogen-bond donors (Lipinski definition) is 0. The molecule has 3 rings (SSSR count). The smallest absolute Gasteiger partial charge is 0.168 e. The highest BCUT2D eigenvalue weighted by Crippen LogP contribution is 2.19. The van der Waals surface area contributed by atoms with Crippen LogP contribution >= 0.6 is 11.8 Å². The predicted octanol–water partition coefficient (Wildman–Crippen LogP) is 4.66. The largest absolute Gasteiger partial charge is 0.322 e. The van der Waals surface area contributed by atoms with Crippen molar-refractivity contribution in [2.45, 2.75) is 24.5 Å². The molecule has 2 nitrogen and oxygen atoms in total. The van der Waals surface area contributed by atoms with Crippen LogP contribution in [0.3, 0.4) is 0 Å². The van der Waals surface area contributed by atoms with Crippen LogP contribution in [0.15, 0.2) is 78.2 Å². The van der Waals surface area contributed by atoms with E-state index in [0.717, 1.165) is 23.9 Å². The molecule has 0 bridgehead atoms. The van der Waals surface area contributed by atoms with Crippen LogP contribution in [-0.4, -0.2) is 15.3 Å². The van der Waals surface area contributed by atoms with E-state index in [0.29, 0.717) is 0 Å². The van der Waals surface area contributed by atoms with Gasteiger partial charge in [-0.1, -0.05) is 72.4 Å². The van der Waals surface area contributed by atoms with Gasteiger partial charge < -0.3 is 4.57 Å². The van der Waals surface area contributed by atoms with Gasteiger partial charge in [0.25, 0.3) is 0 Å². The van der Waals surface area contributed by atoms with E-state index in [1.54, 1.807) is 0 Å². The van der Waals surface area contributed by atoms with Crippen molar-refractivity contribution in [3.05, 3.63) is 84.2 Å². The van der Waals surface area contributed by atoms with Crippen LogP contribution in [-0.2, 0) is 13.0 Å². The van der Waals surface area contributed by atoms with Crippen molar-refractivity contribution in [3.63, 3.8) is 0 Å². The number of hydrogen-bond acceptors (Lipinski definition) is 2. The van der Waals surface area contributed by atoms with Crippen LogP contribution in [0.2, 0.25) is 0 Å². The van der Waals surface area contributed by atoms with Crippen LogP contribution in [0.5, 0.6) is 0 Å². The monoisotopic (exact) mass is 308 g/mol. The van der Waals surface area contributed by atoms with Crippen LogP contribution in [0.4, 0.5) is 0 Å². The van der Waals surface area contributed by atoms with Crippen molar-refractivity contribution in [3.8, 4) is 0 Å². The van der Waals surface area contributed by atoms with E-state index < -0.39 is 0 Å². The molecule has 0 radical (unpaired) electrons. The summed E-state index contributed by atoms with van der Waals surface area (Å²) in [6.45, 7) is 0.891. The zero-order valence-corrected chi connectivity index (χ0v) is 13.4. The maximum absolute atomic E-state index is 4.48. The fraction of sp³-hybridized carbons (Fsp3) is 0.211. The second-order valence-corrected chi connectivity index (χ2v) is 6.32. The molecule has 0 aliphatic carbocycles. The first-order valence-corrected chi connectivity index (χ1v) is 8.62. The minimum atomic E-state index is 0.891. The Hall–Kier alpha value is -2.00. The molecule has 3 aromatic rings. The van der Waals surface area contributed by atoms with Crippen LogP contribution in [0.1, 0.15) is 17.5 Å². The number of rotatable bonds is 7. The van der Waals surface area contributed by atoms with Gasteiger partial charge in [0.05, 0.1) is 0 Å². The number of nitrogens with zero attached hydrogens (tertiary/aromatic N) is 2. The Labute approximate surface area is 136 Å². The molecule has 0 N–H and O–H groups in total. The van der Waals surface area contributed by atoms with Crippen molar-refractivity contribution in [2.75, 3.05) is 5.75 Å². The predicted molar refractivity (Wildman–Crippen MR) is 93.3 cm³/mol. The minimum Gasteiger partial charge on any atom is -0.322 e. The highest BCUT2D eigenvalue weighted by Gasteiger charge is 2.04. The average molecular weight is 308 g/mol. The molecule has 0 atom stereocenters. The van der Waals surface area contributed by atoms with Gasteiger partial charge in [-0.25, -0.2) is 4.98 Å². The molecule has 0 fully saturated rings. The molecule has 0 unspecified atom stereocenters. The molecule has 22 heavy (non-hydrogen) atoms. The van der Waals surface area contributed by atoms with E-state index in [1.165, 1.54) is 17.5 Å². The lowest BCUT2D eigenvalue weighted by Gasteiger charge is -2.07. The molecule has 1 aromatic heterocycles. The molecule has 0 amide bonds. The fourth-order valence-corrected chi connectivity index (χ4v) is 3.32. The van der Waals surface area contributed by atoms with E-state index in [9.17, 15) is 0 Å². The van der Waals surface area contributed by atoms with Gasteiger partial charge in [0.2, 0.25) is 0 Å². The number of aromatic nitrogens is 2. The van der Waals surface area contributed by atoms with Gasteiger partial charge in [0.15, 0.2) is 5.16 Å². The third-order valence-corrected chi connectivity index (χ3v) is 4.65. The molecular formula is C19H20N2S. The molecule has 0 aliphatic heterocycles. The lowest BCUT2D eigenvalue weighted by Crippen LogP contribution is -2.00. The first-order valence-electron chi connectivity index (χ1n) is 7.63. The van der Waals surface area contributed by atoms with Gasteiger partial charge >= 0.3 is 0 Å². The molecule has 112 valence electrons. The number of aryl methyl sites for hydroxylation is 1. The lowest BCUT2D eigenvalue weighted by atomic mass is 10.1. The fourth-order valence-electron chi connectivity index (χ4n) is 2.42. The summed E-state index contributed by atoms with van der Waals surface area (Å²) in [4.78, 5) is 4.48. The molecular weight excluding hydrogens is 288 g/mol. The Morgan fingerprint density at radius 1 is 0.864 bits per heavy atom. The first kappa shape index (κ1) is 14.9. The number of thioether (sulfide) groups is 1. The topological polar surface area (TPSA) is 17.8 Å². The molecule has 0 saturated heterocycles. The maximum Gasteiger partial charge on any atom is 0.168 e. The van der Waals surface area contributed by atoms with Crippen molar-refractivity contribution < 1.29 is 0 Å². The van der Waals surface area contributed by atoms with Gasteiger partial charge in [0, 0.05) is 24.7 Å². The summed E-state index contributed by atoms with van der Waals surface area (Å²) in [6.07, 6.45) is 6.26. The van der Waals surface area contributed by atoms with Crippen molar-refractivity contribution in [2.24, 2.45) is 0 Å². The van der Waals surface area contributed by atoms with E-state index in [2.05, 4.69) is 76.4 Å². The van der Waals surface area contributed by atoms with Crippen molar-refractivity contribution >= 4 is 11.8 Å². The summed E-state index contributed by atoms with van der Waals surface area (Å²) < 4.78 is 2.22. The summed E-state index contributed by atoms with van der Waals surface area (Å²) in [5, 5.41) is 1.11. The SMILES string of the molecule is c1ccc(CCCSc2nccn2Cc2ccccc2)cc1. The molecule has 0 aliphatic rings. The first-order chi connectivity index (χ1) is 10.9. The molecule has 2 aromatic carbocycles. The van der Waals surface area contributed by atoms with E-state index in [1.807, 2.05) is 18.0 Å². The Kier molecular flexibility index (Phi) is 5.32. The van der Waals surface area contributed by atoms with Gasteiger partial charge in [-0.15, -0.1) is 0 Å². The zero-order valence-electron chi connectivity index (χ0n) is 12.6. The summed E-state index contributed by atoms with van der Waals surface area (Å²) in [5.74, 6) is 1.10. The molecule has 0 spiro atoms. The Morgan fingerprint density at radius 2 is 1.55 bits per heavy atom. The number of benzene rings is 2. The molecule has 1 heterocycles.